The topological polar surface area (TPSA) is 0 Å². The second kappa shape index (κ2) is 20.4. The van der Waals surface area contributed by atoms with Gasteiger partial charge in [-0.25, -0.2) is 0 Å². The molecule has 0 bridgehead atoms. The summed E-state index contributed by atoms with van der Waals surface area (Å²) in [5, 5.41) is 5.43. The molecule has 12 rings (SSSR count). The monoisotopic (exact) mass is 1040 g/mol. The van der Waals surface area contributed by atoms with Gasteiger partial charge in [-0.05, 0) is 215 Å². The average molecular weight is 1050 g/mol. The quantitative estimate of drug-likeness (QED) is 0.140. The van der Waals surface area contributed by atoms with Crippen LogP contribution in [0.1, 0.15) is 185 Å². The fourth-order valence-electron chi connectivity index (χ4n) is 13.4. The van der Waals surface area contributed by atoms with Crippen LogP contribution in [0.2, 0.25) is 0 Å². The van der Waals surface area contributed by atoms with Gasteiger partial charge in [0.15, 0.2) is 0 Å². The first kappa shape index (κ1) is 54.7. The summed E-state index contributed by atoms with van der Waals surface area (Å²) in [6, 6.07) is 46.4. The maximum Gasteiger partial charge on any atom is -0.00105 e. The molecule has 0 aromatic heterocycles. The van der Waals surface area contributed by atoms with Crippen LogP contribution in [-0.2, 0) is 34.5 Å². The first-order chi connectivity index (χ1) is 38.1. The number of allylic oxidation sites excluding steroid dienone is 11. The lowest BCUT2D eigenvalue weighted by molar-refractivity contribution is 0.567. The molecule has 0 radical (unpaired) electrons. The lowest BCUT2D eigenvalue weighted by Gasteiger charge is -2.28. The highest BCUT2D eigenvalue weighted by Crippen LogP contribution is 2.61. The summed E-state index contributed by atoms with van der Waals surface area (Å²) < 4.78 is 0. The predicted molar refractivity (Wildman–Crippen MR) is 352 cm³/mol. The number of hydrogen-bond acceptors (Lipinski definition) is 0. The highest BCUT2D eigenvalue weighted by molar-refractivity contribution is 6.26. The van der Waals surface area contributed by atoms with E-state index in [0.717, 1.165) is 25.7 Å². The van der Waals surface area contributed by atoms with Crippen molar-refractivity contribution in [1.82, 2.24) is 0 Å². The molecule has 0 unspecified atom stereocenters. The van der Waals surface area contributed by atoms with Crippen LogP contribution in [0.3, 0.4) is 0 Å². The van der Waals surface area contributed by atoms with Crippen LogP contribution in [0.5, 0.6) is 0 Å². The third kappa shape index (κ3) is 9.26. The molecule has 0 saturated carbocycles. The lowest BCUT2D eigenvalue weighted by Crippen LogP contribution is -2.17. The first-order valence-electron chi connectivity index (χ1n) is 30.0. The van der Waals surface area contributed by atoms with E-state index in [0.29, 0.717) is 0 Å². The van der Waals surface area contributed by atoms with Gasteiger partial charge in [-0.3, -0.25) is 0 Å². The molecule has 404 valence electrons. The van der Waals surface area contributed by atoms with Gasteiger partial charge >= 0.3 is 0 Å². The molecule has 4 aliphatic carbocycles. The Morgan fingerprint density at radius 3 is 1.76 bits per heavy atom. The minimum absolute atomic E-state index is 0.00483. The summed E-state index contributed by atoms with van der Waals surface area (Å²) in [7, 11) is 0. The molecule has 0 spiro atoms. The van der Waals surface area contributed by atoms with Crippen molar-refractivity contribution in [1.29, 1.82) is 0 Å². The fraction of sp³-hybridized carbons (Fsp3) is 0.300. The Labute approximate surface area is 480 Å². The van der Waals surface area contributed by atoms with E-state index in [1.807, 2.05) is 13.8 Å². The third-order valence-electron chi connectivity index (χ3n) is 17.5. The van der Waals surface area contributed by atoms with Gasteiger partial charge in [0, 0.05) is 0 Å². The zero-order valence-electron chi connectivity index (χ0n) is 51.0. The molecule has 8 aromatic rings. The molecule has 4 aliphatic rings. The van der Waals surface area contributed by atoms with Crippen LogP contribution >= 0.6 is 0 Å². The molecule has 0 aliphatic heterocycles. The predicted octanol–water partition coefficient (Wildman–Crippen LogP) is 23.0. The molecular formula is C80H84. The zero-order valence-corrected chi connectivity index (χ0v) is 51.0. The molecule has 0 amide bonds. The zero-order chi connectivity index (χ0) is 56.8. The second-order valence-electron chi connectivity index (χ2n) is 26.9. The number of benzene rings is 8. The number of fused-ring (bicyclic) bond motifs is 10. The number of rotatable bonds is 7. The van der Waals surface area contributed by atoms with E-state index in [2.05, 4.69) is 267 Å². The Morgan fingerprint density at radius 2 is 1.11 bits per heavy atom. The van der Waals surface area contributed by atoms with Crippen LogP contribution < -0.4 is 0 Å². The van der Waals surface area contributed by atoms with Crippen molar-refractivity contribution < 1.29 is 0 Å². The van der Waals surface area contributed by atoms with Gasteiger partial charge < -0.3 is 0 Å². The Balaban J connectivity index is 0.00000334. The molecule has 0 saturated heterocycles. The summed E-state index contributed by atoms with van der Waals surface area (Å²) in [6.07, 6.45) is 24.5. The summed E-state index contributed by atoms with van der Waals surface area (Å²) in [5.41, 5.74) is 32.5. The largest absolute Gasteiger partial charge is 0.0871 e. The van der Waals surface area contributed by atoms with E-state index in [1.165, 1.54) is 155 Å². The normalized spacial score (nSPS) is 14.6. The van der Waals surface area contributed by atoms with Crippen LogP contribution in [0.4, 0.5) is 0 Å². The molecule has 80 heavy (non-hydrogen) atoms. The van der Waals surface area contributed by atoms with Crippen LogP contribution in [-0.4, -0.2) is 0 Å². The Morgan fingerprint density at radius 1 is 0.500 bits per heavy atom. The minimum atomic E-state index is -0.0480. The molecule has 8 aromatic carbocycles. The summed E-state index contributed by atoms with van der Waals surface area (Å²) >= 11 is 0. The molecular weight excluding hydrogens is 961 g/mol. The Bertz CT molecular complexity index is 3970. The van der Waals surface area contributed by atoms with Crippen molar-refractivity contribution in [3.63, 3.8) is 0 Å². The van der Waals surface area contributed by atoms with Crippen LogP contribution in [0.25, 0.3) is 93.9 Å². The van der Waals surface area contributed by atoms with Gasteiger partial charge in [-0.2, -0.15) is 0 Å². The van der Waals surface area contributed by atoms with E-state index >= 15 is 0 Å². The molecule has 0 N–H and O–H groups in total. The van der Waals surface area contributed by atoms with Gasteiger partial charge in [0.2, 0.25) is 0 Å². The van der Waals surface area contributed by atoms with E-state index in [9.17, 15) is 0 Å². The highest BCUT2D eigenvalue weighted by Gasteiger charge is 2.37. The Kier molecular flexibility index (Phi) is 13.9. The van der Waals surface area contributed by atoms with Crippen molar-refractivity contribution in [2.24, 2.45) is 0 Å². The first-order valence-corrected chi connectivity index (χ1v) is 30.0. The Hall–Kier alpha value is -7.28. The van der Waals surface area contributed by atoms with Gasteiger partial charge in [0.05, 0.1) is 0 Å². The van der Waals surface area contributed by atoms with Gasteiger partial charge in [0.25, 0.3) is 0 Å². The van der Waals surface area contributed by atoms with Gasteiger partial charge in [-0.1, -0.05) is 268 Å². The van der Waals surface area contributed by atoms with E-state index in [4.69, 9.17) is 0 Å². The maximum absolute atomic E-state index is 2.66. The van der Waals surface area contributed by atoms with Crippen LogP contribution in [0, 0.1) is 0 Å². The van der Waals surface area contributed by atoms with Crippen molar-refractivity contribution >= 4 is 38.3 Å². The van der Waals surface area contributed by atoms with Crippen LogP contribution in [0.15, 0.2) is 170 Å². The highest BCUT2D eigenvalue weighted by atomic mass is 14.4. The molecule has 0 heterocycles. The maximum atomic E-state index is 2.66. The fourth-order valence-corrected chi connectivity index (χ4v) is 13.4. The lowest BCUT2D eigenvalue weighted by atomic mass is 9.76. The summed E-state index contributed by atoms with van der Waals surface area (Å²) in [6.45, 7) is 36.9. The average Bonchev–Trinajstić information content (AvgIpc) is 3.97. The summed E-state index contributed by atoms with van der Waals surface area (Å²) in [5.74, 6) is 0. The van der Waals surface area contributed by atoms with E-state index in [-0.39, 0.29) is 21.7 Å². The van der Waals surface area contributed by atoms with Gasteiger partial charge in [-0.15, -0.1) is 0 Å². The van der Waals surface area contributed by atoms with Gasteiger partial charge in [0.1, 0.15) is 0 Å². The van der Waals surface area contributed by atoms with Crippen molar-refractivity contribution in [3.05, 3.63) is 231 Å². The van der Waals surface area contributed by atoms with E-state index < -0.39 is 0 Å². The number of hydrogen-bond donors (Lipinski definition) is 0. The van der Waals surface area contributed by atoms with Crippen molar-refractivity contribution in [2.45, 2.75) is 158 Å². The van der Waals surface area contributed by atoms with Crippen molar-refractivity contribution in [2.75, 3.05) is 0 Å². The molecule has 0 fully saturated rings. The van der Waals surface area contributed by atoms with Crippen molar-refractivity contribution in [3.8, 4) is 55.6 Å². The molecule has 0 heteroatoms. The third-order valence-corrected chi connectivity index (χ3v) is 17.5. The molecule has 0 atom stereocenters. The summed E-state index contributed by atoms with van der Waals surface area (Å²) in [4.78, 5) is 0. The SMILES string of the molecule is C/C=C\C(=C/CC)c1ccc(C2=CCC=CC=C2)c2c1-c1cccc3c1C2=CCc1c-3cc2c3c(cccc13)-c1c-2c(-c2cc(C(C)(C)C)cc(C(C)(C)C)c2)c2ccccc2c1Cc1cc(C(C)(C)C)cc(C(C)(C)C)c1.CC. The molecule has 0 nitrogen and oxygen atoms in total. The minimum Gasteiger partial charge on any atom is -0.0871 e. The standard InChI is InChI=1S/C78H78.C2H6/c1-15-25-48(26-16-2)55-35-36-56(49-27-19-17-18-20-28-49)72-64-38-37-58-60-31-23-34-63-70(60)67(46-65(58)61-32-24-33-62(69(61)64)71(55)72)74-68(50-42-53(77(9,10)11)45-54(43-50)78(12,13)14)59-30-22-21-29-57(59)66(73(63)74)41-47-39-51(75(3,4)5)44-52(40-47)76(6,7)8;1-2/h15,17-19,21-36,38-40,42-46H,16,20,37,41H2,1-14H3;1-2H3/b25-15-,48-26+;. The van der Waals surface area contributed by atoms with E-state index in [1.54, 1.807) is 0 Å². The second-order valence-corrected chi connectivity index (χ2v) is 26.9. The smallest absolute Gasteiger partial charge is 0.00105 e.